The van der Waals surface area contributed by atoms with Crippen molar-refractivity contribution in [2.24, 2.45) is 5.41 Å². The fraction of sp³-hybridized carbons (Fsp3) is 0.333. The van der Waals surface area contributed by atoms with Crippen molar-refractivity contribution in [2.45, 2.75) is 31.8 Å². The van der Waals surface area contributed by atoms with Crippen LogP contribution in [0.5, 0.6) is 0 Å². The highest BCUT2D eigenvalue weighted by Gasteiger charge is 2.28. The van der Waals surface area contributed by atoms with E-state index in [4.69, 9.17) is 0 Å². The van der Waals surface area contributed by atoms with Crippen LogP contribution >= 0.6 is 11.8 Å². The first-order chi connectivity index (χ1) is 10.0. The zero-order chi connectivity index (χ0) is 14.9. The van der Waals surface area contributed by atoms with Gasteiger partial charge in [0.1, 0.15) is 0 Å². The zero-order valence-electron chi connectivity index (χ0n) is 12.0. The van der Waals surface area contributed by atoms with Crippen molar-refractivity contribution in [1.82, 2.24) is 20.2 Å². The molecule has 0 radical (unpaired) electrons. The minimum Gasteiger partial charge on any atom is -0.295 e. The minimum absolute atomic E-state index is 0.00356. The summed E-state index contributed by atoms with van der Waals surface area (Å²) in [6.07, 6.45) is 3.17. The van der Waals surface area contributed by atoms with Crippen molar-refractivity contribution in [3.63, 3.8) is 0 Å². The Balaban J connectivity index is 1.78. The Labute approximate surface area is 127 Å². The summed E-state index contributed by atoms with van der Waals surface area (Å²) in [5.74, 6) is 0.171. The fourth-order valence-corrected chi connectivity index (χ4v) is 3.47. The van der Waals surface area contributed by atoms with Gasteiger partial charge in [-0.25, -0.2) is 0 Å². The minimum atomic E-state index is 0.00356. The Hall–Kier alpha value is -1.95. The third-order valence-corrected chi connectivity index (χ3v) is 4.10. The second-order valence-electron chi connectivity index (χ2n) is 5.89. The van der Waals surface area contributed by atoms with Gasteiger partial charge in [0.15, 0.2) is 5.78 Å². The first kappa shape index (κ1) is 14.0. The molecular weight excluding hydrogens is 284 g/mol. The molecule has 5 nitrogen and oxygen atoms in total. The molecule has 0 fully saturated rings. The van der Waals surface area contributed by atoms with Crippen LogP contribution in [0.25, 0.3) is 5.69 Å². The van der Waals surface area contributed by atoms with Crippen LogP contribution < -0.4 is 0 Å². The molecule has 0 amide bonds. The zero-order valence-corrected chi connectivity index (χ0v) is 12.8. The smallest absolute Gasteiger partial charge is 0.236 e. The molecule has 21 heavy (non-hydrogen) atoms. The van der Waals surface area contributed by atoms with Crippen molar-refractivity contribution >= 4 is 17.5 Å². The third kappa shape index (κ3) is 3.39. The highest BCUT2D eigenvalue weighted by atomic mass is 32.2. The van der Waals surface area contributed by atoms with Gasteiger partial charge in [-0.1, -0.05) is 43.8 Å². The number of hydrogen-bond acceptors (Lipinski definition) is 5. The van der Waals surface area contributed by atoms with E-state index in [-0.39, 0.29) is 11.2 Å². The summed E-state index contributed by atoms with van der Waals surface area (Å²) in [6.45, 7) is 4.21. The Morgan fingerprint density at radius 2 is 1.95 bits per heavy atom. The average Bonchev–Trinajstić information content (AvgIpc) is 2.86. The molecule has 6 heteroatoms. The van der Waals surface area contributed by atoms with Gasteiger partial charge in [0, 0.05) is 6.42 Å². The number of thioether (sulfide) groups is 1. The molecule has 2 aromatic rings. The molecule has 0 N–H and O–H groups in total. The summed E-state index contributed by atoms with van der Waals surface area (Å²) in [5, 5.41) is 13.0. The number of para-hydroxylation sites is 1. The molecule has 1 heterocycles. The number of aromatic nitrogens is 4. The number of benzene rings is 1. The first-order valence-electron chi connectivity index (χ1n) is 6.79. The maximum atomic E-state index is 11.8. The maximum Gasteiger partial charge on any atom is 0.236 e. The van der Waals surface area contributed by atoms with Gasteiger partial charge in [-0.05, 0) is 40.2 Å². The Morgan fingerprint density at radius 1 is 1.19 bits per heavy atom. The van der Waals surface area contributed by atoms with E-state index in [1.807, 2.05) is 30.3 Å². The van der Waals surface area contributed by atoms with Crippen molar-refractivity contribution in [2.75, 3.05) is 0 Å². The number of tetrazole rings is 1. The molecule has 1 aromatic heterocycles. The fourth-order valence-electron chi connectivity index (χ4n) is 2.38. The number of rotatable bonds is 3. The van der Waals surface area contributed by atoms with Crippen LogP contribution in [0.15, 0.2) is 46.5 Å². The molecule has 1 aliphatic rings. The van der Waals surface area contributed by atoms with Gasteiger partial charge in [0.2, 0.25) is 5.16 Å². The molecule has 0 unspecified atom stereocenters. The van der Waals surface area contributed by atoms with E-state index in [0.29, 0.717) is 11.6 Å². The predicted octanol–water partition coefficient (Wildman–Crippen LogP) is 3.03. The molecule has 0 saturated heterocycles. The van der Waals surface area contributed by atoms with Crippen LogP contribution in [0.1, 0.15) is 26.7 Å². The number of carbonyl (C=O) groups excluding carboxylic acids is 1. The molecule has 0 saturated carbocycles. The number of allylic oxidation sites excluding steroid dienone is 2. The molecule has 1 aliphatic carbocycles. The van der Waals surface area contributed by atoms with E-state index in [0.717, 1.165) is 17.0 Å². The maximum absolute atomic E-state index is 11.8. The van der Waals surface area contributed by atoms with E-state index in [9.17, 15) is 4.79 Å². The SMILES string of the molecule is CC1(C)CC(=O)C=C(Sc2nnn(-c3ccccc3)n2)C1. The average molecular weight is 300 g/mol. The molecule has 108 valence electrons. The van der Waals surface area contributed by atoms with Crippen molar-refractivity contribution < 1.29 is 4.79 Å². The van der Waals surface area contributed by atoms with Gasteiger partial charge < -0.3 is 0 Å². The van der Waals surface area contributed by atoms with Crippen LogP contribution in [0.2, 0.25) is 0 Å². The van der Waals surface area contributed by atoms with Gasteiger partial charge in [0.25, 0.3) is 0 Å². The van der Waals surface area contributed by atoms with Crippen LogP contribution in [0, 0.1) is 5.41 Å². The summed E-state index contributed by atoms with van der Waals surface area (Å²) >= 11 is 1.42. The lowest BCUT2D eigenvalue weighted by atomic mass is 9.80. The molecule has 0 bridgehead atoms. The number of hydrogen-bond donors (Lipinski definition) is 0. The number of ketones is 1. The van der Waals surface area contributed by atoms with E-state index < -0.39 is 0 Å². The molecule has 0 aliphatic heterocycles. The molecule has 3 rings (SSSR count). The van der Waals surface area contributed by atoms with Crippen LogP contribution in [0.4, 0.5) is 0 Å². The van der Waals surface area contributed by atoms with Crippen LogP contribution in [-0.2, 0) is 4.79 Å². The number of nitrogens with zero attached hydrogens (tertiary/aromatic N) is 4. The molecule has 0 atom stereocenters. The second-order valence-corrected chi connectivity index (χ2v) is 6.99. The van der Waals surface area contributed by atoms with Gasteiger partial charge in [-0.15, -0.1) is 15.0 Å². The third-order valence-electron chi connectivity index (χ3n) is 3.23. The lowest BCUT2D eigenvalue weighted by molar-refractivity contribution is -0.116. The lowest BCUT2D eigenvalue weighted by Gasteiger charge is -2.27. The molecule has 0 spiro atoms. The van der Waals surface area contributed by atoms with E-state index >= 15 is 0 Å². The van der Waals surface area contributed by atoms with Gasteiger partial charge in [-0.2, -0.15) is 0 Å². The monoisotopic (exact) mass is 300 g/mol. The van der Waals surface area contributed by atoms with Crippen molar-refractivity contribution in [1.29, 1.82) is 0 Å². The van der Waals surface area contributed by atoms with Crippen molar-refractivity contribution in [3.8, 4) is 5.69 Å². The summed E-state index contributed by atoms with van der Waals surface area (Å²) in [7, 11) is 0. The summed E-state index contributed by atoms with van der Waals surface area (Å²) < 4.78 is 0. The quantitative estimate of drug-likeness (QED) is 0.872. The standard InChI is InChI=1S/C15H16N4OS/c1-15(2)9-12(20)8-13(10-15)21-14-16-18-19(17-14)11-6-4-3-5-7-11/h3-8H,9-10H2,1-2H3. The highest BCUT2D eigenvalue weighted by Crippen LogP contribution is 2.40. The summed E-state index contributed by atoms with van der Waals surface area (Å²) in [4.78, 5) is 14.3. The Kier molecular flexibility index (Phi) is 3.63. The summed E-state index contributed by atoms with van der Waals surface area (Å²) in [5.41, 5.74) is 0.870. The van der Waals surface area contributed by atoms with E-state index in [2.05, 4.69) is 29.3 Å². The topological polar surface area (TPSA) is 60.7 Å². The number of carbonyl (C=O) groups is 1. The van der Waals surface area contributed by atoms with Gasteiger partial charge >= 0.3 is 0 Å². The molecular formula is C15H16N4OS. The first-order valence-corrected chi connectivity index (χ1v) is 7.60. The Morgan fingerprint density at radius 3 is 2.67 bits per heavy atom. The molecule has 1 aromatic carbocycles. The van der Waals surface area contributed by atoms with Crippen molar-refractivity contribution in [3.05, 3.63) is 41.3 Å². The van der Waals surface area contributed by atoms with Crippen LogP contribution in [-0.4, -0.2) is 26.0 Å². The second kappa shape index (κ2) is 5.44. The normalized spacial score (nSPS) is 17.6. The predicted molar refractivity (Wildman–Crippen MR) is 81.1 cm³/mol. The van der Waals surface area contributed by atoms with Gasteiger partial charge in [-0.3, -0.25) is 4.79 Å². The van der Waals surface area contributed by atoms with Crippen LogP contribution in [0.3, 0.4) is 0 Å². The highest BCUT2D eigenvalue weighted by molar-refractivity contribution is 8.02. The van der Waals surface area contributed by atoms with E-state index in [1.165, 1.54) is 16.6 Å². The van der Waals surface area contributed by atoms with Gasteiger partial charge in [0.05, 0.1) is 5.69 Å². The Bertz CT molecular complexity index is 691. The van der Waals surface area contributed by atoms with E-state index in [1.54, 1.807) is 6.08 Å². The summed E-state index contributed by atoms with van der Waals surface area (Å²) in [6, 6.07) is 9.63. The largest absolute Gasteiger partial charge is 0.295 e. The lowest BCUT2D eigenvalue weighted by Crippen LogP contribution is -2.20.